The minimum atomic E-state index is -0.369. The molecule has 1 unspecified atom stereocenters. The third kappa shape index (κ3) is 6.77. The van der Waals surface area contributed by atoms with Crippen LogP contribution < -0.4 is 14.2 Å². The Morgan fingerprint density at radius 3 is 2.26 bits per heavy atom. The van der Waals surface area contributed by atoms with Crippen LogP contribution in [0.5, 0.6) is 23.0 Å². The molecule has 0 bridgehead atoms. The second kappa shape index (κ2) is 13.2. The lowest BCUT2D eigenvalue weighted by molar-refractivity contribution is -0.114. The summed E-state index contributed by atoms with van der Waals surface area (Å²) < 4.78 is 18.0. The zero-order valence-electron chi connectivity index (χ0n) is 21.2. The molecule has 0 spiro atoms. The van der Waals surface area contributed by atoms with Crippen LogP contribution in [0.1, 0.15) is 86.3 Å². The maximum absolute atomic E-state index is 11.7. The van der Waals surface area contributed by atoms with Crippen molar-refractivity contribution in [1.82, 2.24) is 0 Å². The molecule has 6 nitrogen and oxygen atoms in total. The van der Waals surface area contributed by atoms with Gasteiger partial charge in [0.05, 0.1) is 18.8 Å². The summed E-state index contributed by atoms with van der Waals surface area (Å²) in [5.74, 6) is 2.23. The van der Waals surface area contributed by atoms with Crippen molar-refractivity contribution in [3.05, 3.63) is 46.5 Å². The topological polar surface area (TPSA) is 82.1 Å². The van der Waals surface area contributed by atoms with Gasteiger partial charge in [-0.05, 0) is 75.6 Å². The zero-order valence-corrected chi connectivity index (χ0v) is 21.2. The smallest absolute Gasteiger partial charge is 0.163 e. The maximum atomic E-state index is 11.7. The van der Waals surface area contributed by atoms with Crippen molar-refractivity contribution in [3.63, 3.8) is 0 Å². The van der Waals surface area contributed by atoms with E-state index in [1.165, 1.54) is 6.92 Å². The van der Waals surface area contributed by atoms with Crippen molar-refractivity contribution in [2.45, 2.75) is 84.7 Å². The van der Waals surface area contributed by atoms with Crippen molar-refractivity contribution < 1.29 is 28.9 Å². The Balaban J connectivity index is 1.49. The molecule has 0 fully saturated rings. The summed E-state index contributed by atoms with van der Waals surface area (Å²) in [7, 11) is 0. The first-order valence-corrected chi connectivity index (χ1v) is 12.9. The molecule has 1 aliphatic rings. The first-order valence-electron chi connectivity index (χ1n) is 12.9. The van der Waals surface area contributed by atoms with Gasteiger partial charge < -0.3 is 19.3 Å². The number of carbonyl (C=O) groups excluding carboxylic acids is 2. The average molecular weight is 483 g/mol. The molecule has 0 saturated carbocycles. The fourth-order valence-corrected chi connectivity index (χ4v) is 4.50. The summed E-state index contributed by atoms with van der Waals surface area (Å²) >= 11 is 0. The molecule has 0 saturated heterocycles. The van der Waals surface area contributed by atoms with Gasteiger partial charge in [0, 0.05) is 11.1 Å². The Morgan fingerprint density at radius 2 is 1.63 bits per heavy atom. The Kier molecular flexibility index (Phi) is 10.0. The Labute approximate surface area is 208 Å². The summed E-state index contributed by atoms with van der Waals surface area (Å²) in [6.45, 7) is 6.75. The highest BCUT2D eigenvalue weighted by Gasteiger charge is 2.24. The molecule has 35 heavy (non-hydrogen) atoms. The van der Waals surface area contributed by atoms with Crippen LogP contribution in [0.4, 0.5) is 0 Å². The SMILES string of the molecule is CCCc1c(OCCCCCOc2ccc3c(c2CCC)OC(C=O)CC3)ccc(C(C)=O)c1O. The first-order chi connectivity index (χ1) is 17.0. The molecule has 0 amide bonds. The van der Waals surface area contributed by atoms with Gasteiger partial charge in [-0.15, -0.1) is 0 Å². The van der Waals surface area contributed by atoms with Crippen LogP contribution in [0.15, 0.2) is 24.3 Å². The van der Waals surface area contributed by atoms with Crippen molar-refractivity contribution in [2.75, 3.05) is 13.2 Å². The molecule has 0 radical (unpaired) electrons. The lowest BCUT2D eigenvalue weighted by Crippen LogP contribution is -2.25. The van der Waals surface area contributed by atoms with Crippen LogP contribution in [0.25, 0.3) is 0 Å². The second-order valence-corrected chi connectivity index (χ2v) is 9.11. The average Bonchev–Trinajstić information content (AvgIpc) is 2.85. The number of unbranched alkanes of at least 4 members (excludes halogenated alkanes) is 2. The molecule has 1 aliphatic heterocycles. The maximum Gasteiger partial charge on any atom is 0.163 e. The van der Waals surface area contributed by atoms with Crippen LogP contribution >= 0.6 is 0 Å². The van der Waals surface area contributed by atoms with Crippen molar-refractivity contribution in [3.8, 4) is 23.0 Å². The number of phenols is 1. The van der Waals surface area contributed by atoms with E-state index in [4.69, 9.17) is 14.2 Å². The molecule has 190 valence electrons. The molecule has 6 heteroatoms. The summed E-state index contributed by atoms with van der Waals surface area (Å²) in [4.78, 5) is 22.9. The van der Waals surface area contributed by atoms with Crippen LogP contribution in [0, 0.1) is 0 Å². The zero-order chi connectivity index (χ0) is 25.2. The van der Waals surface area contributed by atoms with Gasteiger partial charge in [-0.2, -0.15) is 0 Å². The quantitative estimate of drug-likeness (QED) is 0.201. The normalized spacial score (nSPS) is 14.7. The lowest BCUT2D eigenvalue weighted by atomic mass is 9.97. The fourth-order valence-electron chi connectivity index (χ4n) is 4.50. The minimum Gasteiger partial charge on any atom is -0.507 e. The Morgan fingerprint density at radius 1 is 1.00 bits per heavy atom. The first kappa shape index (κ1) is 26.6. The van der Waals surface area contributed by atoms with Gasteiger partial charge >= 0.3 is 0 Å². The van der Waals surface area contributed by atoms with E-state index in [1.54, 1.807) is 12.1 Å². The van der Waals surface area contributed by atoms with Gasteiger partial charge in [0.25, 0.3) is 0 Å². The van der Waals surface area contributed by atoms with E-state index in [9.17, 15) is 14.7 Å². The van der Waals surface area contributed by atoms with Gasteiger partial charge in [0.15, 0.2) is 18.2 Å². The molecular formula is C29H38O6. The molecule has 2 aromatic rings. The van der Waals surface area contributed by atoms with Crippen molar-refractivity contribution in [1.29, 1.82) is 0 Å². The number of hydrogen-bond donors (Lipinski definition) is 1. The molecule has 3 rings (SSSR count). The predicted octanol–water partition coefficient (Wildman–Crippen LogP) is 6.02. The molecular weight excluding hydrogens is 444 g/mol. The highest BCUT2D eigenvalue weighted by Crippen LogP contribution is 2.38. The summed E-state index contributed by atoms with van der Waals surface area (Å²) in [5.41, 5.74) is 3.27. The molecule has 1 N–H and O–H groups in total. The number of hydrogen-bond acceptors (Lipinski definition) is 6. The van der Waals surface area contributed by atoms with Crippen LogP contribution in [0.2, 0.25) is 0 Å². The number of phenolic OH excluding ortho intramolecular Hbond substituents is 1. The third-order valence-electron chi connectivity index (χ3n) is 6.34. The largest absolute Gasteiger partial charge is 0.507 e. The van der Waals surface area contributed by atoms with E-state index < -0.39 is 0 Å². The van der Waals surface area contributed by atoms with E-state index >= 15 is 0 Å². The number of ketones is 1. The van der Waals surface area contributed by atoms with Crippen LogP contribution in [-0.4, -0.2) is 36.5 Å². The monoisotopic (exact) mass is 482 g/mol. The van der Waals surface area contributed by atoms with Gasteiger partial charge in [0.1, 0.15) is 23.0 Å². The van der Waals surface area contributed by atoms with Crippen LogP contribution in [0.3, 0.4) is 0 Å². The van der Waals surface area contributed by atoms with E-state index in [0.717, 1.165) is 80.3 Å². The number of aromatic hydroxyl groups is 1. The number of Topliss-reactive ketones (excluding diaryl/α,β-unsaturated/α-hetero) is 1. The molecule has 1 heterocycles. The number of carbonyl (C=O) groups is 2. The highest BCUT2D eigenvalue weighted by atomic mass is 16.5. The molecule has 0 aliphatic carbocycles. The summed E-state index contributed by atoms with van der Waals surface area (Å²) in [6, 6.07) is 7.50. The van der Waals surface area contributed by atoms with E-state index in [1.807, 2.05) is 13.0 Å². The Hall–Kier alpha value is -3.02. The Bertz CT molecular complexity index is 1010. The summed E-state index contributed by atoms with van der Waals surface area (Å²) in [6.07, 6.45) is 8.13. The van der Waals surface area contributed by atoms with Crippen molar-refractivity contribution in [2.24, 2.45) is 0 Å². The number of aldehydes is 1. The van der Waals surface area contributed by atoms with Crippen molar-refractivity contribution >= 4 is 12.1 Å². The molecule has 1 atom stereocenters. The van der Waals surface area contributed by atoms with Gasteiger partial charge in [-0.3, -0.25) is 9.59 Å². The van der Waals surface area contributed by atoms with E-state index in [0.29, 0.717) is 36.5 Å². The van der Waals surface area contributed by atoms with Gasteiger partial charge in [-0.1, -0.05) is 32.8 Å². The van der Waals surface area contributed by atoms with Gasteiger partial charge in [-0.25, -0.2) is 0 Å². The molecule has 0 aromatic heterocycles. The standard InChI is InChI=1S/C29H38O6/c1-4-9-24-26(16-14-23(20(3)31)28(24)32)33-17-7-6-8-18-34-27-15-12-21-11-13-22(19-30)35-29(21)25(27)10-5-2/h12,14-16,19,22,32H,4-11,13,17-18H2,1-3H3. The number of fused-ring (bicyclic) bond motifs is 1. The number of aryl methyl sites for hydroxylation is 1. The number of benzene rings is 2. The second-order valence-electron chi connectivity index (χ2n) is 9.11. The molecule has 2 aromatic carbocycles. The number of ether oxygens (including phenoxy) is 3. The number of rotatable bonds is 14. The predicted molar refractivity (Wildman–Crippen MR) is 136 cm³/mol. The van der Waals surface area contributed by atoms with Crippen LogP contribution in [-0.2, 0) is 24.1 Å². The lowest BCUT2D eigenvalue weighted by Gasteiger charge is -2.26. The van der Waals surface area contributed by atoms with E-state index in [-0.39, 0.29) is 17.6 Å². The minimum absolute atomic E-state index is 0.0432. The third-order valence-corrected chi connectivity index (χ3v) is 6.34. The van der Waals surface area contributed by atoms with E-state index in [2.05, 4.69) is 13.0 Å². The van der Waals surface area contributed by atoms with Gasteiger partial charge in [0.2, 0.25) is 0 Å². The summed E-state index contributed by atoms with van der Waals surface area (Å²) in [5, 5.41) is 10.5. The fraction of sp³-hybridized carbons (Fsp3) is 0.517. The highest BCUT2D eigenvalue weighted by molar-refractivity contribution is 5.97.